The summed E-state index contributed by atoms with van der Waals surface area (Å²) in [6, 6.07) is 5.94. The van der Waals surface area contributed by atoms with Crippen molar-refractivity contribution in [3.05, 3.63) is 29.3 Å². The van der Waals surface area contributed by atoms with Crippen LogP contribution in [-0.2, 0) is 9.53 Å². The summed E-state index contributed by atoms with van der Waals surface area (Å²) in [6.45, 7) is 11.3. The Hall–Kier alpha value is -1.59. The van der Waals surface area contributed by atoms with Crippen molar-refractivity contribution in [3.8, 4) is 5.75 Å². The molecule has 0 radical (unpaired) electrons. The predicted molar refractivity (Wildman–Crippen MR) is 95.5 cm³/mol. The van der Waals surface area contributed by atoms with Gasteiger partial charge in [-0.2, -0.15) is 0 Å². The molecule has 5 heteroatoms. The molecular formula is C19H30N2O3. The van der Waals surface area contributed by atoms with Crippen LogP contribution in [0.25, 0.3) is 0 Å². The van der Waals surface area contributed by atoms with Gasteiger partial charge in [-0.1, -0.05) is 19.1 Å². The summed E-state index contributed by atoms with van der Waals surface area (Å²) in [5.74, 6) is 0.769. The lowest BCUT2D eigenvalue weighted by Crippen LogP contribution is -2.41. The Morgan fingerprint density at radius 2 is 2.08 bits per heavy atom. The lowest BCUT2D eigenvalue weighted by atomic mass is 10.1. The third-order valence-electron chi connectivity index (χ3n) is 4.54. The van der Waals surface area contributed by atoms with E-state index in [1.165, 1.54) is 5.56 Å². The van der Waals surface area contributed by atoms with Crippen LogP contribution in [-0.4, -0.2) is 56.3 Å². The van der Waals surface area contributed by atoms with Crippen molar-refractivity contribution < 1.29 is 14.3 Å². The van der Waals surface area contributed by atoms with E-state index in [9.17, 15) is 4.79 Å². The molecule has 1 saturated heterocycles. The molecule has 0 bridgehead atoms. The molecule has 1 fully saturated rings. The molecule has 0 unspecified atom stereocenters. The average Bonchev–Trinajstić information content (AvgIpc) is 2.60. The third kappa shape index (κ3) is 5.49. The van der Waals surface area contributed by atoms with Gasteiger partial charge in [0.2, 0.25) is 0 Å². The molecule has 1 aromatic rings. The fourth-order valence-corrected chi connectivity index (χ4v) is 2.78. The van der Waals surface area contributed by atoms with Crippen LogP contribution in [0.5, 0.6) is 5.75 Å². The second-order valence-corrected chi connectivity index (χ2v) is 6.31. The quantitative estimate of drug-likeness (QED) is 0.741. The molecular weight excluding hydrogens is 304 g/mol. The number of amides is 1. The van der Waals surface area contributed by atoms with Crippen LogP contribution < -0.4 is 10.1 Å². The molecule has 0 saturated carbocycles. The van der Waals surface area contributed by atoms with Crippen LogP contribution in [0.2, 0.25) is 0 Å². The summed E-state index contributed by atoms with van der Waals surface area (Å²) in [5, 5.41) is 3.01. The summed E-state index contributed by atoms with van der Waals surface area (Å²) < 4.78 is 11.3. The second kappa shape index (κ2) is 9.64. The molecule has 0 spiro atoms. The maximum absolute atomic E-state index is 12.4. The van der Waals surface area contributed by atoms with E-state index >= 15 is 0 Å². The first-order chi connectivity index (χ1) is 11.6. The number of hydrogen-bond acceptors (Lipinski definition) is 4. The Labute approximate surface area is 145 Å². The van der Waals surface area contributed by atoms with Crippen molar-refractivity contribution in [1.29, 1.82) is 0 Å². The number of carbonyl (C=O) groups is 1. The SMILES string of the molecule is CC[C@H](Oc1cccc(C)c1C)C(=O)NCCCN1CCOCC1. The highest BCUT2D eigenvalue weighted by Gasteiger charge is 2.19. The molecule has 1 aliphatic heterocycles. The Kier molecular flexibility index (Phi) is 7.53. The zero-order valence-electron chi connectivity index (χ0n) is 15.1. The lowest BCUT2D eigenvalue weighted by molar-refractivity contribution is -0.128. The first kappa shape index (κ1) is 18.7. The molecule has 134 valence electrons. The number of ether oxygens (including phenoxy) is 2. The molecule has 1 aliphatic rings. The van der Waals surface area contributed by atoms with Crippen molar-refractivity contribution >= 4 is 5.91 Å². The number of morpholine rings is 1. The fraction of sp³-hybridized carbons (Fsp3) is 0.632. The van der Waals surface area contributed by atoms with Gasteiger partial charge in [0, 0.05) is 19.6 Å². The van der Waals surface area contributed by atoms with Gasteiger partial charge in [-0.25, -0.2) is 0 Å². The van der Waals surface area contributed by atoms with Gasteiger partial charge in [-0.3, -0.25) is 9.69 Å². The molecule has 1 heterocycles. The van der Waals surface area contributed by atoms with E-state index < -0.39 is 6.10 Å². The van der Waals surface area contributed by atoms with Gasteiger partial charge in [0.25, 0.3) is 5.91 Å². The fourth-order valence-electron chi connectivity index (χ4n) is 2.78. The van der Waals surface area contributed by atoms with Crippen molar-refractivity contribution in [2.45, 2.75) is 39.7 Å². The van der Waals surface area contributed by atoms with Crippen LogP contribution in [0.3, 0.4) is 0 Å². The second-order valence-electron chi connectivity index (χ2n) is 6.31. The van der Waals surface area contributed by atoms with Gasteiger partial charge >= 0.3 is 0 Å². The number of carbonyl (C=O) groups excluding carboxylic acids is 1. The van der Waals surface area contributed by atoms with E-state index in [0.717, 1.165) is 50.6 Å². The smallest absolute Gasteiger partial charge is 0.261 e. The first-order valence-electron chi connectivity index (χ1n) is 8.92. The number of benzene rings is 1. The zero-order chi connectivity index (χ0) is 17.4. The minimum atomic E-state index is -0.436. The lowest BCUT2D eigenvalue weighted by Gasteiger charge is -2.26. The largest absolute Gasteiger partial charge is 0.480 e. The minimum Gasteiger partial charge on any atom is -0.480 e. The number of nitrogens with zero attached hydrogens (tertiary/aromatic N) is 1. The van der Waals surface area contributed by atoms with E-state index in [2.05, 4.69) is 23.2 Å². The van der Waals surface area contributed by atoms with Gasteiger partial charge in [0.15, 0.2) is 6.10 Å². The maximum Gasteiger partial charge on any atom is 0.261 e. The van der Waals surface area contributed by atoms with E-state index in [4.69, 9.17) is 9.47 Å². The number of rotatable bonds is 8. The summed E-state index contributed by atoms with van der Waals surface area (Å²) in [6.07, 6.45) is 1.17. The number of aryl methyl sites for hydroxylation is 1. The monoisotopic (exact) mass is 334 g/mol. The summed E-state index contributed by atoms with van der Waals surface area (Å²) in [7, 11) is 0. The molecule has 5 nitrogen and oxygen atoms in total. The standard InChI is InChI=1S/C19H30N2O3/c1-4-17(24-18-8-5-7-15(2)16(18)3)19(22)20-9-6-10-21-11-13-23-14-12-21/h5,7-8,17H,4,6,9-14H2,1-3H3,(H,20,22)/t17-/m0/s1. The Balaban J connectivity index is 1.75. The summed E-state index contributed by atoms with van der Waals surface area (Å²) >= 11 is 0. The summed E-state index contributed by atoms with van der Waals surface area (Å²) in [4.78, 5) is 14.7. The minimum absolute atomic E-state index is 0.0274. The zero-order valence-corrected chi connectivity index (χ0v) is 15.1. The molecule has 0 aliphatic carbocycles. The highest BCUT2D eigenvalue weighted by Crippen LogP contribution is 2.22. The molecule has 1 aromatic carbocycles. The van der Waals surface area contributed by atoms with Crippen molar-refractivity contribution in [2.24, 2.45) is 0 Å². The molecule has 1 amide bonds. The van der Waals surface area contributed by atoms with Crippen LogP contribution in [0.1, 0.15) is 30.9 Å². The topological polar surface area (TPSA) is 50.8 Å². The average molecular weight is 334 g/mol. The molecule has 1 atom stereocenters. The Bertz CT molecular complexity index is 527. The van der Waals surface area contributed by atoms with Crippen molar-refractivity contribution in [2.75, 3.05) is 39.4 Å². The van der Waals surface area contributed by atoms with E-state index in [1.807, 2.05) is 26.0 Å². The summed E-state index contributed by atoms with van der Waals surface area (Å²) in [5.41, 5.74) is 2.27. The molecule has 1 N–H and O–H groups in total. The normalized spacial score (nSPS) is 16.6. The van der Waals surface area contributed by atoms with E-state index in [0.29, 0.717) is 13.0 Å². The van der Waals surface area contributed by atoms with Crippen LogP contribution in [0, 0.1) is 13.8 Å². The maximum atomic E-state index is 12.4. The highest BCUT2D eigenvalue weighted by atomic mass is 16.5. The van der Waals surface area contributed by atoms with Gasteiger partial charge in [0.05, 0.1) is 13.2 Å². The Morgan fingerprint density at radius 1 is 1.33 bits per heavy atom. The molecule has 0 aromatic heterocycles. The van der Waals surface area contributed by atoms with Crippen molar-refractivity contribution in [3.63, 3.8) is 0 Å². The van der Waals surface area contributed by atoms with Gasteiger partial charge in [0.1, 0.15) is 5.75 Å². The van der Waals surface area contributed by atoms with Gasteiger partial charge < -0.3 is 14.8 Å². The van der Waals surface area contributed by atoms with Crippen LogP contribution in [0.4, 0.5) is 0 Å². The molecule has 24 heavy (non-hydrogen) atoms. The van der Waals surface area contributed by atoms with Gasteiger partial charge in [-0.05, 0) is 50.4 Å². The predicted octanol–water partition coefficient (Wildman–Crippen LogP) is 2.30. The van der Waals surface area contributed by atoms with Crippen molar-refractivity contribution in [1.82, 2.24) is 10.2 Å². The van der Waals surface area contributed by atoms with Crippen LogP contribution in [0.15, 0.2) is 18.2 Å². The first-order valence-corrected chi connectivity index (χ1v) is 8.92. The number of nitrogens with one attached hydrogen (secondary N) is 1. The van der Waals surface area contributed by atoms with E-state index in [1.54, 1.807) is 0 Å². The number of hydrogen-bond donors (Lipinski definition) is 1. The highest BCUT2D eigenvalue weighted by molar-refractivity contribution is 5.81. The third-order valence-corrected chi connectivity index (χ3v) is 4.54. The van der Waals surface area contributed by atoms with Gasteiger partial charge in [-0.15, -0.1) is 0 Å². The van der Waals surface area contributed by atoms with E-state index in [-0.39, 0.29) is 5.91 Å². The van der Waals surface area contributed by atoms with Crippen LogP contribution >= 0.6 is 0 Å². The molecule has 2 rings (SSSR count). The Morgan fingerprint density at radius 3 is 2.79 bits per heavy atom.